The first-order chi connectivity index (χ1) is 8.21. The van der Waals surface area contributed by atoms with Gasteiger partial charge in [0.1, 0.15) is 5.54 Å². The summed E-state index contributed by atoms with van der Waals surface area (Å²) in [6.07, 6.45) is 0.848. The molecular formula is C12H20BrN3O2. The van der Waals surface area contributed by atoms with E-state index < -0.39 is 11.5 Å². The number of aromatic nitrogens is 2. The van der Waals surface area contributed by atoms with Crippen molar-refractivity contribution in [1.29, 1.82) is 0 Å². The van der Waals surface area contributed by atoms with Crippen LogP contribution in [0.3, 0.4) is 0 Å². The van der Waals surface area contributed by atoms with Crippen LogP contribution in [0.25, 0.3) is 0 Å². The van der Waals surface area contributed by atoms with Gasteiger partial charge < -0.3 is 5.11 Å². The van der Waals surface area contributed by atoms with Crippen LogP contribution in [0.1, 0.15) is 32.2 Å². The van der Waals surface area contributed by atoms with E-state index in [0.717, 1.165) is 22.3 Å². The minimum atomic E-state index is -0.907. The van der Waals surface area contributed by atoms with Crippen molar-refractivity contribution in [2.45, 2.75) is 39.3 Å². The summed E-state index contributed by atoms with van der Waals surface area (Å²) in [6.45, 7) is 5.96. The molecule has 5 nitrogen and oxygen atoms in total. The first kappa shape index (κ1) is 15.2. The second-order valence-electron chi connectivity index (χ2n) is 4.90. The zero-order valence-electron chi connectivity index (χ0n) is 11.5. The van der Waals surface area contributed by atoms with E-state index in [0.29, 0.717) is 6.54 Å². The lowest BCUT2D eigenvalue weighted by molar-refractivity contribution is -0.148. The van der Waals surface area contributed by atoms with Gasteiger partial charge in [0.05, 0.1) is 15.9 Å². The molecule has 0 fully saturated rings. The number of aliphatic carboxylic acids is 1. The fourth-order valence-corrected chi connectivity index (χ4v) is 2.32. The van der Waals surface area contributed by atoms with Gasteiger partial charge in [-0.25, -0.2) is 0 Å². The summed E-state index contributed by atoms with van der Waals surface area (Å²) in [5.41, 5.74) is 1.08. The Morgan fingerprint density at radius 1 is 1.56 bits per heavy atom. The molecule has 6 heteroatoms. The number of rotatable bonds is 5. The molecule has 0 radical (unpaired) electrons. The van der Waals surface area contributed by atoms with Crippen molar-refractivity contribution in [2.75, 3.05) is 7.05 Å². The van der Waals surface area contributed by atoms with Gasteiger partial charge in [0, 0.05) is 13.6 Å². The molecule has 1 rings (SSSR count). The Morgan fingerprint density at radius 2 is 2.11 bits per heavy atom. The van der Waals surface area contributed by atoms with Crippen LogP contribution in [0.15, 0.2) is 4.47 Å². The van der Waals surface area contributed by atoms with Gasteiger partial charge in [-0.15, -0.1) is 0 Å². The van der Waals surface area contributed by atoms with Crippen molar-refractivity contribution in [2.24, 2.45) is 7.05 Å². The SMILES string of the molecule is CCc1nn(C)c(CN(C)C(C)(C)C(=O)O)c1Br. The molecule has 0 spiro atoms. The molecule has 0 aliphatic heterocycles. The van der Waals surface area contributed by atoms with Crippen molar-refractivity contribution in [1.82, 2.24) is 14.7 Å². The molecule has 1 N–H and O–H groups in total. The Labute approximate surface area is 116 Å². The highest BCUT2D eigenvalue weighted by Crippen LogP contribution is 2.25. The van der Waals surface area contributed by atoms with E-state index in [2.05, 4.69) is 21.0 Å². The van der Waals surface area contributed by atoms with Gasteiger partial charge >= 0.3 is 5.97 Å². The molecule has 0 amide bonds. The molecule has 1 aromatic heterocycles. The predicted molar refractivity (Wildman–Crippen MR) is 73.5 cm³/mol. The van der Waals surface area contributed by atoms with Crippen LogP contribution in [0.5, 0.6) is 0 Å². The number of hydrogen-bond donors (Lipinski definition) is 1. The zero-order valence-corrected chi connectivity index (χ0v) is 13.1. The maximum absolute atomic E-state index is 11.2. The van der Waals surface area contributed by atoms with Crippen molar-refractivity contribution in [3.05, 3.63) is 15.9 Å². The number of hydrogen-bond acceptors (Lipinski definition) is 3. The largest absolute Gasteiger partial charge is 0.480 e. The quantitative estimate of drug-likeness (QED) is 0.903. The van der Waals surface area contributed by atoms with Crippen LogP contribution >= 0.6 is 15.9 Å². The first-order valence-electron chi connectivity index (χ1n) is 5.86. The zero-order chi connectivity index (χ0) is 14.1. The van der Waals surface area contributed by atoms with Gasteiger partial charge in [-0.05, 0) is 43.2 Å². The maximum atomic E-state index is 11.2. The number of carbonyl (C=O) groups is 1. The molecule has 0 unspecified atom stereocenters. The third kappa shape index (κ3) is 2.75. The van der Waals surface area contributed by atoms with Crippen LogP contribution < -0.4 is 0 Å². The van der Waals surface area contributed by atoms with Crippen LogP contribution in [-0.2, 0) is 24.8 Å². The molecule has 0 saturated carbocycles. The third-order valence-electron chi connectivity index (χ3n) is 3.37. The molecule has 1 aromatic rings. The summed E-state index contributed by atoms with van der Waals surface area (Å²) in [5, 5.41) is 13.6. The monoisotopic (exact) mass is 317 g/mol. The lowest BCUT2D eigenvalue weighted by atomic mass is 10.0. The van der Waals surface area contributed by atoms with E-state index in [1.807, 2.05) is 14.0 Å². The Kier molecular flexibility index (Phi) is 4.55. The van der Waals surface area contributed by atoms with E-state index in [1.165, 1.54) is 0 Å². The molecule has 18 heavy (non-hydrogen) atoms. The molecule has 0 atom stereocenters. The minimum Gasteiger partial charge on any atom is -0.480 e. The van der Waals surface area contributed by atoms with Gasteiger partial charge in [0.25, 0.3) is 0 Å². The number of likely N-dealkylation sites (N-methyl/N-ethyl adjacent to an activating group) is 1. The fourth-order valence-electron chi connectivity index (χ4n) is 1.58. The number of nitrogens with zero attached hydrogens (tertiary/aromatic N) is 3. The summed E-state index contributed by atoms with van der Waals surface area (Å²) in [6, 6.07) is 0. The van der Waals surface area contributed by atoms with Crippen molar-refractivity contribution < 1.29 is 9.90 Å². The van der Waals surface area contributed by atoms with E-state index in [4.69, 9.17) is 0 Å². The van der Waals surface area contributed by atoms with Gasteiger partial charge in [0.15, 0.2) is 0 Å². The number of halogens is 1. The molecular weight excluding hydrogens is 298 g/mol. The van der Waals surface area contributed by atoms with E-state index in [1.54, 1.807) is 30.5 Å². The van der Waals surface area contributed by atoms with Crippen molar-refractivity contribution in [3.63, 3.8) is 0 Å². The van der Waals surface area contributed by atoms with Crippen LogP contribution in [0.4, 0.5) is 0 Å². The van der Waals surface area contributed by atoms with Crippen molar-refractivity contribution >= 4 is 21.9 Å². The average Bonchev–Trinajstić information content (AvgIpc) is 2.55. The third-order valence-corrected chi connectivity index (χ3v) is 4.28. The number of carboxylic acid groups (broad SMARTS) is 1. The molecule has 0 aliphatic carbocycles. The fraction of sp³-hybridized carbons (Fsp3) is 0.667. The summed E-state index contributed by atoms with van der Waals surface area (Å²) in [7, 11) is 3.68. The molecule has 0 bridgehead atoms. The molecule has 0 aliphatic rings. The molecule has 1 heterocycles. The lowest BCUT2D eigenvalue weighted by Gasteiger charge is -2.31. The maximum Gasteiger partial charge on any atom is 0.323 e. The van der Waals surface area contributed by atoms with E-state index >= 15 is 0 Å². The van der Waals surface area contributed by atoms with Gasteiger partial charge in [0.2, 0.25) is 0 Å². The predicted octanol–water partition coefficient (Wildman–Crippen LogP) is 2.04. The second kappa shape index (κ2) is 5.40. The van der Waals surface area contributed by atoms with E-state index in [-0.39, 0.29) is 0 Å². The second-order valence-corrected chi connectivity index (χ2v) is 5.70. The van der Waals surface area contributed by atoms with Gasteiger partial charge in [-0.2, -0.15) is 5.10 Å². The summed E-state index contributed by atoms with van der Waals surface area (Å²) in [5.74, 6) is -0.834. The summed E-state index contributed by atoms with van der Waals surface area (Å²) >= 11 is 3.54. The average molecular weight is 318 g/mol. The van der Waals surface area contributed by atoms with Crippen LogP contribution in [-0.4, -0.2) is 38.3 Å². The normalized spacial score (nSPS) is 12.2. The lowest BCUT2D eigenvalue weighted by Crippen LogP contribution is -2.47. The Hall–Kier alpha value is -0.880. The summed E-state index contributed by atoms with van der Waals surface area (Å²) < 4.78 is 2.78. The highest BCUT2D eigenvalue weighted by Gasteiger charge is 2.33. The summed E-state index contributed by atoms with van der Waals surface area (Å²) in [4.78, 5) is 13.0. The minimum absolute atomic E-state index is 0.531. The standard InChI is InChI=1S/C12H20BrN3O2/c1-6-8-10(13)9(16(5)14-8)7-15(4)12(2,3)11(17)18/h6-7H2,1-5H3,(H,17,18). The van der Waals surface area contributed by atoms with Gasteiger partial charge in [-0.3, -0.25) is 14.4 Å². The van der Waals surface area contributed by atoms with Crippen LogP contribution in [0, 0.1) is 0 Å². The number of carboxylic acids is 1. The highest BCUT2D eigenvalue weighted by atomic mass is 79.9. The Morgan fingerprint density at radius 3 is 2.50 bits per heavy atom. The molecule has 0 saturated heterocycles. The van der Waals surface area contributed by atoms with E-state index in [9.17, 15) is 9.90 Å². The smallest absolute Gasteiger partial charge is 0.323 e. The van der Waals surface area contributed by atoms with Gasteiger partial charge in [-0.1, -0.05) is 6.92 Å². The topological polar surface area (TPSA) is 58.4 Å². The Balaban J connectivity index is 2.98. The van der Waals surface area contributed by atoms with Crippen molar-refractivity contribution in [3.8, 4) is 0 Å². The molecule has 102 valence electrons. The first-order valence-corrected chi connectivity index (χ1v) is 6.66. The Bertz CT molecular complexity index is 454. The highest BCUT2D eigenvalue weighted by molar-refractivity contribution is 9.10. The molecule has 0 aromatic carbocycles. The number of aryl methyl sites for hydroxylation is 2. The van der Waals surface area contributed by atoms with Crippen LogP contribution in [0.2, 0.25) is 0 Å².